The molecule has 0 radical (unpaired) electrons. The Morgan fingerprint density at radius 2 is 2.55 bits per heavy atom. The largest absolute Gasteiger partial charge is 0.462 e. The van der Waals surface area contributed by atoms with E-state index in [0.717, 1.165) is 4.88 Å². The molecule has 1 aromatic heterocycles. The molecule has 0 aromatic carbocycles. The van der Waals surface area contributed by atoms with E-state index in [1.165, 1.54) is 0 Å². The van der Waals surface area contributed by atoms with Crippen LogP contribution in [0, 0.1) is 0 Å². The van der Waals surface area contributed by atoms with Crippen LogP contribution in [0.4, 0.5) is 0 Å². The van der Waals surface area contributed by atoms with E-state index in [1.807, 2.05) is 17.5 Å². The molecule has 0 spiro atoms. The highest BCUT2D eigenvalue weighted by atomic mass is 32.1. The standard InChI is InChI=1S/C8H8O2S/c1-6-5-9-8(10-6)7-3-2-4-11-7/h2-4,8H,1,5H2. The van der Waals surface area contributed by atoms with Crippen LogP contribution in [0.1, 0.15) is 11.2 Å². The highest BCUT2D eigenvalue weighted by Gasteiger charge is 2.21. The maximum Gasteiger partial charge on any atom is 0.236 e. The molecule has 2 nitrogen and oxygen atoms in total. The third-order valence-electron chi connectivity index (χ3n) is 1.44. The Labute approximate surface area is 69.1 Å². The van der Waals surface area contributed by atoms with Crippen molar-refractivity contribution < 1.29 is 9.47 Å². The first kappa shape index (κ1) is 6.88. The van der Waals surface area contributed by atoms with Gasteiger partial charge in [-0.25, -0.2) is 0 Å². The van der Waals surface area contributed by atoms with Crippen molar-refractivity contribution in [1.82, 2.24) is 0 Å². The fourth-order valence-corrected chi connectivity index (χ4v) is 1.65. The molecule has 0 bridgehead atoms. The van der Waals surface area contributed by atoms with Gasteiger partial charge in [0.1, 0.15) is 12.4 Å². The van der Waals surface area contributed by atoms with Gasteiger partial charge in [-0.05, 0) is 11.4 Å². The lowest BCUT2D eigenvalue weighted by Gasteiger charge is -2.04. The van der Waals surface area contributed by atoms with Crippen molar-refractivity contribution in [3.8, 4) is 0 Å². The Morgan fingerprint density at radius 1 is 1.64 bits per heavy atom. The zero-order valence-corrected chi connectivity index (χ0v) is 6.76. The van der Waals surface area contributed by atoms with Gasteiger partial charge in [0.15, 0.2) is 0 Å². The van der Waals surface area contributed by atoms with E-state index in [1.54, 1.807) is 11.3 Å². The molecule has 2 rings (SSSR count). The summed E-state index contributed by atoms with van der Waals surface area (Å²) >= 11 is 1.63. The van der Waals surface area contributed by atoms with Crippen molar-refractivity contribution in [2.45, 2.75) is 6.29 Å². The molecule has 1 saturated heterocycles. The van der Waals surface area contributed by atoms with Crippen LogP contribution in [0.25, 0.3) is 0 Å². The molecule has 0 saturated carbocycles. The molecule has 0 amide bonds. The fourth-order valence-electron chi connectivity index (χ4n) is 0.954. The van der Waals surface area contributed by atoms with Gasteiger partial charge in [0.05, 0.1) is 4.88 Å². The lowest BCUT2D eigenvalue weighted by Crippen LogP contribution is -1.92. The highest BCUT2D eigenvalue weighted by Crippen LogP contribution is 2.30. The molecule has 3 heteroatoms. The van der Waals surface area contributed by atoms with Gasteiger partial charge in [-0.3, -0.25) is 0 Å². The monoisotopic (exact) mass is 168 g/mol. The quantitative estimate of drug-likeness (QED) is 0.640. The summed E-state index contributed by atoms with van der Waals surface area (Å²) in [5.41, 5.74) is 0. The predicted octanol–water partition coefficient (Wildman–Crippen LogP) is 2.31. The molecular weight excluding hydrogens is 160 g/mol. The van der Waals surface area contributed by atoms with Crippen LogP contribution in [-0.4, -0.2) is 6.61 Å². The van der Waals surface area contributed by atoms with E-state index in [0.29, 0.717) is 12.4 Å². The van der Waals surface area contributed by atoms with Gasteiger partial charge in [-0.2, -0.15) is 0 Å². The van der Waals surface area contributed by atoms with Crippen molar-refractivity contribution in [3.05, 3.63) is 34.7 Å². The lowest BCUT2D eigenvalue weighted by molar-refractivity contribution is -0.0311. The minimum atomic E-state index is -0.206. The zero-order valence-electron chi connectivity index (χ0n) is 5.95. The van der Waals surface area contributed by atoms with Gasteiger partial charge in [-0.1, -0.05) is 12.6 Å². The summed E-state index contributed by atoms with van der Waals surface area (Å²) in [6.45, 7) is 4.19. The molecule has 1 unspecified atom stereocenters. The summed E-state index contributed by atoms with van der Waals surface area (Å²) in [7, 11) is 0. The zero-order chi connectivity index (χ0) is 7.68. The molecular formula is C8H8O2S. The van der Waals surface area contributed by atoms with Gasteiger partial charge >= 0.3 is 0 Å². The Hall–Kier alpha value is -0.800. The van der Waals surface area contributed by atoms with Crippen molar-refractivity contribution in [3.63, 3.8) is 0 Å². The minimum Gasteiger partial charge on any atom is -0.462 e. The van der Waals surface area contributed by atoms with Crippen molar-refractivity contribution >= 4 is 11.3 Å². The molecule has 1 aliphatic rings. The average Bonchev–Trinajstić information content (AvgIpc) is 2.55. The Kier molecular flexibility index (Phi) is 1.68. The van der Waals surface area contributed by atoms with Crippen molar-refractivity contribution in [2.24, 2.45) is 0 Å². The van der Waals surface area contributed by atoms with E-state index in [-0.39, 0.29) is 6.29 Å². The maximum atomic E-state index is 5.30. The summed E-state index contributed by atoms with van der Waals surface area (Å²) in [5, 5.41) is 2.00. The van der Waals surface area contributed by atoms with E-state index in [4.69, 9.17) is 9.47 Å². The van der Waals surface area contributed by atoms with E-state index >= 15 is 0 Å². The molecule has 1 atom stereocenters. The normalized spacial score (nSPS) is 23.6. The third-order valence-corrected chi connectivity index (χ3v) is 2.34. The van der Waals surface area contributed by atoms with Crippen LogP contribution in [0.15, 0.2) is 29.9 Å². The van der Waals surface area contributed by atoms with Gasteiger partial charge in [0, 0.05) is 0 Å². The minimum absolute atomic E-state index is 0.206. The first-order valence-electron chi connectivity index (χ1n) is 3.36. The van der Waals surface area contributed by atoms with Crippen LogP contribution in [-0.2, 0) is 9.47 Å². The van der Waals surface area contributed by atoms with E-state index in [9.17, 15) is 0 Å². The van der Waals surface area contributed by atoms with E-state index < -0.39 is 0 Å². The predicted molar refractivity (Wildman–Crippen MR) is 43.2 cm³/mol. The van der Waals surface area contributed by atoms with Gasteiger partial charge in [0.25, 0.3) is 0 Å². The molecule has 11 heavy (non-hydrogen) atoms. The second kappa shape index (κ2) is 2.68. The van der Waals surface area contributed by atoms with Crippen LogP contribution in [0.5, 0.6) is 0 Å². The van der Waals surface area contributed by atoms with Gasteiger partial charge < -0.3 is 9.47 Å². The molecule has 1 fully saturated rings. The third kappa shape index (κ3) is 1.29. The fraction of sp³-hybridized carbons (Fsp3) is 0.250. The Bertz CT molecular complexity index is 253. The Balaban J connectivity index is 2.13. The van der Waals surface area contributed by atoms with E-state index in [2.05, 4.69) is 6.58 Å². The molecule has 2 heterocycles. The smallest absolute Gasteiger partial charge is 0.236 e. The summed E-state index contributed by atoms with van der Waals surface area (Å²) in [6, 6.07) is 3.97. The average molecular weight is 168 g/mol. The van der Waals surface area contributed by atoms with Crippen LogP contribution < -0.4 is 0 Å². The second-order valence-corrected chi connectivity index (χ2v) is 3.29. The first-order valence-corrected chi connectivity index (χ1v) is 4.23. The number of hydrogen-bond acceptors (Lipinski definition) is 3. The van der Waals surface area contributed by atoms with Crippen LogP contribution in [0.2, 0.25) is 0 Å². The highest BCUT2D eigenvalue weighted by molar-refractivity contribution is 7.10. The number of rotatable bonds is 1. The summed E-state index contributed by atoms with van der Waals surface area (Å²) < 4.78 is 10.6. The summed E-state index contributed by atoms with van der Waals surface area (Å²) in [6.07, 6.45) is -0.206. The SMILES string of the molecule is C=C1COC(c2cccs2)O1. The number of ether oxygens (including phenoxy) is 2. The molecule has 1 aliphatic heterocycles. The molecule has 1 aromatic rings. The van der Waals surface area contributed by atoms with Gasteiger partial charge in [-0.15, -0.1) is 11.3 Å². The maximum absolute atomic E-state index is 5.30. The first-order chi connectivity index (χ1) is 5.36. The molecule has 0 aliphatic carbocycles. The van der Waals surface area contributed by atoms with Crippen LogP contribution >= 0.6 is 11.3 Å². The van der Waals surface area contributed by atoms with Gasteiger partial charge in [0.2, 0.25) is 6.29 Å². The number of hydrogen-bond donors (Lipinski definition) is 0. The van der Waals surface area contributed by atoms with Crippen molar-refractivity contribution in [1.29, 1.82) is 0 Å². The topological polar surface area (TPSA) is 18.5 Å². The second-order valence-electron chi connectivity index (χ2n) is 2.31. The molecule has 0 N–H and O–H groups in total. The van der Waals surface area contributed by atoms with Crippen molar-refractivity contribution in [2.75, 3.05) is 6.61 Å². The number of thiophene rings is 1. The summed E-state index contributed by atoms with van der Waals surface area (Å²) in [4.78, 5) is 1.10. The van der Waals surface area contributed by atoms with Crippen LogP contribution in [0.3, 0.4) is 0 Å². The Morgan fingerprint density at radius 3 is 3.09 bits per heavy atom. The lowest BCUT2D eigenvalue weighted by atomic mass is 10.5. The summed E-state index contributed by atoms with van der Waals surface area (Å²) in [5.74, 6) is 0.711. The molecule has 58 valence electrons.